The van der Waals surface area contributed by atoms with E-state index in [1.54, 1.807) is 12.1 Å². The highest BCUT2D eigenvalue weighted by Gasteiger charge is 2.08. The first-order valence-electron chi connectivity index (χ1n) is 8.02. The number of carbonyl (C=O) groups is 1. The molecule has 0 spiro atoms. The number of ether oxygens (including phenoxy) is 2. The molecule has 7 heteroatoms. The molecular weight excluding hydrogens is 400 g/mol. The molecule has 0 aromatic heterocycles. The van der Waals surface area contributed by atoms with Crippen molar-refractivity contribution >= 4 is 28.1 Å². The van der Waals surface area contributed by atoms with Crippen LogP contribution in [0.1, 0.15) is 30.9 Å². The molecule has 0 unspecified atom stereocenters. The molecule has 0 atom stereocenters. The van der Waals surface area contributed by atoms with Gasteiger partial charge in [-0.2, -0.15) is 5.10 Å². The number of nitrogens with zero attached hydrogens (tertiary/aromatic N) is 1. The summed E-state index contributed by atoms with van der Waals surface area (Å²) in [6, 6.07) is 10.5. The van der Waals surface area contributed by atoms with E-state index in [1.807, 2.05) is 18.2 Å². The van der Waals surface area contributed by atoms with E-state index in [0.717, 1.165) is 4.47 Å². The normalized spacial score (nSPS) is 11.0. The zero-order valence-electron chi connectivity index (χ0n) is 14.8. The van der Waals surface area contributed by atoms with Gasteiger partial charge < -0.3 is 14.6 Å². The maximum atomic E-state index is 11.8. The Morgan fingerprint density at radius 3 is 2.69 bits per heavy atom. The molecule has 2 aromatic rings. The molecule has 0 radical (unpaired) electrons. The molecule has 2 aromatic carbocycles. The van der Waals surface area contributed by atoms with Crippen LogP contribution in [-0.2, 0) is 4.79 Å². The fourth-order valence-electron chi connectivity index (χ4n) is 2.12. The Morgan fingerprint density at radius 2 is 2.04 bits per heavy atom. The summed E-state index contributed by atoms with van der Waals surface area (Å²) >= 11 is 3.45. The van der Waals surface area contributed by atoms with Gasteiger partial charge in [0.05, 0.1) is 17.8 Å². The summed E-state index contributed by atoms with van der Waals surface area (Å²) in [7, 11) is 1.46. The third kappa shape index (κ3) is 5.49. The number of halogens is 1. The van der Waals surface area contributed by atoms with Crippen molar-refractivity contribution in [3.8, 4) is 17.2 Å². The number of carbonyl (C=O) groups excluding carboxylic acids is 1. The van der Waals surface area contributed by atoms with Crippen LogP contribution in [-0.4, -0.2) is 30.9 Å². The summed E-state index contributed by atoms with van der Waals surface area (Å²) in [5.74, 6) is 0.995. The summed E-state index contributed by atoms with van der Waals surface area (Å²) < 4.78 is 11.3. The predicted octanol–water partition coefficient (Wildman–Crippen LogP) is 3.82. The molecule has 2 rings (SSSR count). The largest absolute Gasteiger partial charge is 0.504 e. The van der Waals surface area contributed by atoms with Crippen LogP contribution in [0.15, 0.2) is 46.0 Å². The highest BCUT2D eigenvalue weighted by atomic mass is 79.9. The number of methoxy groups -OCH3 is 1. The number of phenolic OH excluding ortho intramolecular Hbond substituents is 1. The van der Waals surface area contributed by atoms with Crippen LogP contribution in [0.2, 0.25) is 0 Å². The second kappa shape index (κ2) is 9.24. The van der Waals surface area contributed by atoms with E-state index in [4.69, 9.17) is 9.47 Å². The summed E-state index contributed by atoms with van der Waals surface area (Å²) in [5, 5.41) is 13.4. The molecule has 0 saturated carbocycles. The van der Waals surface area contributed by atoms with E-state index >= 15 is 0 Å². The number of aromatic hydroxyl groups is 1. The summed E-state index contributed by atoms with van der Waals surface area (Å²) in [6.45, 7) is 4.06. The lowest BCUT2D eigenvalue weighted by Crippen LogP contribution is -2.24. The van der Waals surface area contributed by atoms with Gasteiger partial charge in [-0.1, -0.05) is 19.9 Å². The first-order chi connectivity index (χ1) is 12.4. The van der Waals surface area contributed by atoms with E-state index in [0.29, 0.717) is 23.0 Å². The van der Waals surface area contributed by atoms with Gasteiger partial charge in [-0.05, 0) is 63.3 Å². The number of nitrogens with one attached hydrogen (secondary N) is 1. The number of hydrogen-bond acceptors (Lipinski definition) is 5. The molecule has 6 nitrogen and oxygen atoms in total. The van der Waals surface area contributed by atoms with Crippen molar-refractivity contribution in [2.45, 2.75) is 19.8 Å². The molecule has 0 aliphatic rings. The third-order valence-electron chi connectivity index (χ3n) is 3.59. The molecule has 138 valence electrons. The third-order valence-corrected chi connectivity index (χ3v) is 4.21. The molecule has 0 aliphatic carbocycles. The van der Waals surface area contributed by atoms with Gasteiger partial charge in [0.1, 0.15) is 5.75 Å². The molecule has 0 fully saturated rings. The standard InChI is InChI=1S/C19H21BrN2O4/c1-12(2)14-5-7-17(15(20)9-14)26-11-19(24)22-21-10-13-4-6-16(23)18(8-13)25-3/h4-10,12,23H,11H2,1-3H3,(H,22,24). The van der Waals surface area contributed by atoms with E-state index in [2.05, 4.69) is 40.3 Å². The van der Waals surface area contributed by atoms with E-state index in [9.17, 15) is 9.90 Å². The maximum absolute atomic E-state index is 11.8. The van der Waals surface area contributed by atoms with Crippen molar-refractivity contribution in [2.24, 2.45) is 5.10 Å². The van der Waals surface area contributed by atoms with Crippen LogP contribution < -0.4 is 14.9 Å². The topological polar surface area (TPSA) is 80.2 Å². The van der Waals surface area contributed by atoms with Gasteiger partial charge in [-0.15, -0.1) is 0 Å². The minimum absolute atomic E-state index is 0.0381. The van der Waals surface area contributed by atoms with Crippen molar-refractivity contribution in [3.05, 3.63) is 52.0 Å². The van der Waals surface area contributed by atoms with E-state index in [-0.39, 0.29) is 18.3 Å². The van der Waals surface area contributed by atoms with E-state index in [1.165, 1.54) is 25.0 Å². The van der Waals surface area contributed by atoms with Crippen molar-refractivity contribution in [3.63, 3.8) is 0 Å². The Bertz CT molecular complexity index is 806. The Hall–Kier alpha value is -2.54. The van der Waals surface area contributed by atoms with Crippen molar-refractivity contribution in [1.29, 1.82) is 0 Å². The lowest BCUT2D eigenvalue weighted by atomic mass is 10.0. The van der Waals surface area contributed by atoms with Crippen molar-refractivity contribution < 1.29 is 19.4 Å². The molecule has 0 heterocycles. The number of hydrogen-bond donors (Lipinski definition) is 2. The van der Waals surface area contributed by atoms with Gasteiger partial charge in [0.25, 0.3) is 5.91 Å². The van der Waals surface area contributed by atoms with Crippen LogP contribution in [0.3, 0.4) is 0 Å². The molecule has 26 heavy (non-hydrogen) atoms. The Morgan fingerprint density at radius 1 is 1.27 bits per heavy atom. The molecule has 0 bridgehead atoms. The second-order valence-electron chi connectivity index (χ2n) is 5.86. The van der Waals surface area contributed by atoms with Gasteiger partial charge in [0.15, 0.2) is 18.1 Å². The zero-order valence-corrected chi connectivity index (χ0v) is 16.4. The highest BCUT2D eigenvalue weighted by molar-refractivity contribution is 9.10. The average Bonchev–Trinajstić information content (AvgIpc) is 2.61. The molecular formula is C19H21BrN2O4. The highest BCUT2D eigenvalue weighted by Crippen LogP contribution is 2.29. The minimum Gasteiger partial charge on any atom is -0.504 e. The smallest absolute Gasteiger partial charge is 0.277 e. The number of rotatable bonds is 7. The van der Waals surface area contributed by atoms with Crippen molar-refractivity contribution in [1.82, 2.24) is 5.43 Å². The van der Waals surface area contributed by atoms with Crippen LogP contribution in [0.25, 0.3) is 0 Å². The fourth-order valence-corrected chi connectivity index (χ4v) is 2.63. The van der Waals surface area contributed by atoms with Crippen LogP contribution in [0.5, 0.6) is 17.2 Å². The fraction of sp³-hybridized carbons (Fsp3) is 0.263. The minimum atomic E-state index is -0.383. The van der Waals surface area contributed by atoms with Crippen molar-refractivity contribution in [2.75, 3.05) is 13.7 Å². The van der Waals surface area contributed by atoms with Crippen LogP contribution in [0, 0.1) is 0 Å². The Kier molecular flexibility index (Phi) is 7.03. The van der Waals surface area contributed by atoms with Gasteiger partial charge in [0.2, 0.25) is 0 Å². The first-order valence-corrected chi connectivity index (χ1v) is 8.81. The number of amides is 1. The van der Waals surface area contributed by atoms with Crippen LogP contribution in [0.4, 0.5) is 0 Å². The first kappa shape index (κ1) is 19.8. The quantitative estimate of drug-likeness (QED) is 0.526. The monoisotopic (exact) mass is 420 g/mol. The molecule has 1 amide bonds. The Balaban J connectivity index is 1.87. The summed E-state index contributed by atoms with van der Waals surface area (Å²) in [5.41, 5.74) is 4.25. The number of hydrazone groups is 1. The number of phenols is 1. The zero-order chi connectivity index (χ0) is 19.1. The van der Waals surface area contributed by atoms with E-state index < -0.39 is 0 Å². The van der Waals surface area contributed by atoms with Gasteiger partial charge in [-0.25, -0.2) is 5.43 Å². The maximum Gasteiger partial charge on any atom is 0.277 e. The number of benzene rings is 2. The SMILES string of the molecule is COc1cc(C=NNC(=O)COc2ccc(C(C)C)cc2Br)ccc1O. The molecule has 0 aliphatic heterocycles. The van der Waals surface area contributed by atoms with Gasteiger partial charge in [0, 0.05) is 0 Å². The second-order valence-corrected chi connectivity index (χ2v) is 6.71. The predicted molar refractivity (Wildman–Crippen MR) is 104 cm³/mol. The van der Waals surface area contributed by atoms with Crippen LogP contribution >= 0.6 is 15.9 Å². The average molecular weight is 421 g/mol. The Labute approximate surface area is 161 Å². The lowest BCUT2D eigenvalue weighted by Gasteiger charge is -2.10. The summed E-state index contributed by atoms with van der Waals surface area (Å²) in [6.07, 6.45) is 1.45. The van der Waals surface area contributed by atoms with Gasteiger partial charge in [-0.3, -0.25) is 4.79 Å². The van der Waals surface area contributed by atoms with Gasteiger partial charge >= 0.3 is 0 Å². The lowest BCUT2D eigenvalue weighted by molar-refractivity contribution is -0.123. The molecule has 0 saturated heterocycles. The summed E-state index contributed by atoms with van der Waals surface area (Å²) in [4.78, 5) is 11.8. The molecule has 2 N–H and O–H groups in total.